The molecule has 0 radical (unpaired) electrons. The zero-order valence-corrected chi connectivity index (χ0v) is 21.6. The molecule has 1 fully saturated rings. The molecule has 2 aromatic carbocycles. The second-order valence-corrected chi connectivity index (χ2v) is 7.98. The molecule has 1 aliphatic heterocycles. The van der Waals surface area contributed by atoms with Crippen LogP contribution in [0.4, 0.5) is 23.7 Å². The number of cyclic esters (lactones) is 1. The van der Waals surface area contributed by atoms with Crippen molar-refractivity contribution in [3.63, 3.8) is 0 Å². The average Bonchev–Trinajstić information content (AvgIpc) is 3.04. The summed E-state index contributed by atoms with van der Waals surface area (Å²) in [4.78, 5) is 49.8. The quantitative estimate of drug-likeness (QED) is 0.217. The molecule has 14 heteroatoms. The number of nitrogens with zero attached hydrogens (tertiary/aromatic N) is 1. The number of hydrogen-bond acceptors (Lipinski definition) is 4. The maximum Gasteiger partial charge on any atom is 1.00 e. The van der Waals surface area contributed by atoms with E-state index >= 15 is 0 Å². The number of alkyl halides is 3. The fourth-order valence-corrected chi connectivity index (χ4v) is 3.26. The van der Waals surface area contributed by atoms with E-state index in [4.69, 9.17) is 24.0 Å². The molecule has 3 aromatic rings. The molecule has 4 rings (SSSR count). The molecule has 1 aliphatic rings. The molecule has 2 heterocycles. The van der Waals surface area contributed by atoms with Gasteiger partial charge in [0.2, 0.25) is 0 Å². The number of benzene rings is 2. The normalized spacial score (nSPS) is 15.9. The second kappa shape index (κ2) is 11.0. The Morgan fingerprint density at radius 2 is 1.71 bits per heavy atom. The van der Waals surface area contributed by atoms with Crippen LogP contribution in [0.3, 0.4) is 0 Å². The molecule has 0 bridgehead atoms. The summed E-state index contributed by atoms with van der Waals surface area (Å²) in [5.41, 5.74) is -0.969. The molecule has 0 aliphatic carbocycles. The maximum atomic E-state index is 13.3. The van der Waals surface area contributed by atoms with Crippen molar-refractivity contribution in [3.05, 3.63) is 71.4 Å². The molecule has 1 saturated heterocycles. The van der Waals surface area contributed by atoms with Crippen molar-refractivity contribution in [2.24, 2.45) is 0 Å². The van der Waals surface area contributed by atoms with Crippen LogP contribution < -0.4 is 61.8 Å². The van der Waals surface area contributed by atoms with Crippen LogP contribution in [0.15, 0.2) is 53.3 Å². The number of amides is 1. The number of nitrogens with one attached hydrogen (secondary N) is 1. The Morgan fingerprint density at radius 3 is 2.26 bits per heavy atom. The van der Waals surface area contributed by atoms with Gasteiger partial charge >= 0.3 is 71.5 Å². The molecule has 0 spiro atoms. The van der Waals surface area contributed by atoms with Gasteiger partial charge in [-0.2, -0.15) is 13.2 Å². The minimum atomic E-state index is -4.64. The minimum absolute atomic E-state index is 0. The topological polar surface area (TPSA) is 140 Å². The summed E-state index contributed by atoms with van der Waals surface area (Å²) >= 11 is 0. The number of fused-ring (bicyclic) bond motifs is 1. The SMILES string of the molecule is O=P(O)(O)O.[CH2-][C@@H]1CN(c2ccc3cc(-c4ccccc4C(F)(F)F)[nH]c(=O)c3c2)C(=O)O1.[K+]. The van der Waals surface area contributed by atoms with Gasteiger partial charge in [0.05, 0.1) is 5.56 Å². The van der Waals surface area contributed by atoms with Crippen LogP contribution in [0.25, 0.3) is 22.0 Å². The van der Waals surface area contributed by atoms with Gasteiger partial charge in [-0.25, -0.2) is 9.36 Å². The third-order valence-corrected chi connectivity index (χ3v) is 4.54. The van der Waals surface area contributed by atoms with Gasteiger partial charge in [-0.1, -0.05) is 24.3 Å². The standard InChI is InChI=1S/C20H14F3N2O3.K.H3O4P/c1-11-10-25(19(27)28-11)13-7-6-12-8-17(24-18(26)15(12)9-13)14-4-2-3-5-16(14)20(21,22)23;;1-5(2,3)4/h2-9,11H,1,10H2,(H,24,26);;(H3,1,2,3,4)/q-1;+1;/t11-;;/m1../s1. The van der Waals surface area contributed by atoms with Crippen LogP contribution in [-0.4, -0.2) is 38.4 Å². The summed E-state index contributed by atoms with van der Waals surface area (Å²) in [6.07, 6.45) is -5.62. The first-order valence-corrected chi connectivity index (χ1v) is 10.7. The number of pyridine rings is 1. The van der Waals surface area contributed by atoms with Crippen molar-refractivity contribution in [3.8, 4) is 11.3 Å². The van der Waals surface area contributed by atoms with Crippen LogP contribution in [-0.2, 0) is 15.5 Å². The van der Waals surface area contributed by atoms with E-state index in [0.29, 0.717) is 11.1 Å². The number of ether oxygens (including phenoxy) is 1. The van der Waals surface area contributed by atoms with Crippen molar-refractivity contribution in [1.29, 1.82) is 0 Å². The number of rotatable bonds is 2. The molecular weight excluding hydrogens is 507 g/mol. The number of anilines is 1. The Hall–Kier alpha value is -1.54. The smallest absolute Gasteiger partial charge is 0.477 e. The number of aromatic nitrogens is 1. The van der Waals surface area contributed by atoms with Crippen molar-refractivity contribution in [1.82, 2.24) is 4.98 Å². The number of H-pyrrole nitrogens is 1. The number of halogens is 3. The van der Waals surface area contributed by atoms with Gasteiger partial charge in [0.15, 0.2) is 0 Å². The van der Waals surface area contributed by atoms with E-state index in [1.807, 2.05) is 0 Å². The van der Waals surface area contributed by atoms with Gasteiger partial charge in [-0.05, 0) is 35.8 Å². The predicted molar refractivity (Wildman–Crippen MR) is 112 cm³/mol. The van der Waals surface area contributed by atoms with Gasteiger partial charge in [0, 0.05) is 28.9 Å². The van der Waals surface area contributed by atoms with E-state index in [9.17, 15) is 22.8 Å². The number of carbonyl (C=O) groups is 1. The van der Waals surface area contributed by atoms with E-state index in [-0.39, 0.29) is 74.6 Å². The Kier molecular flexibility index (Phi) is 9.30. The molecule has 176 valence electrons. The van der Waals surface area contributed by atoms with Crippen molar-refractivity contribution in [2.45, 2.75) is 12.3 Å². The van der Waals surface area contributed by atoms with Crippen LogP contribution in [0, 0.1) is 6.92 Å². The maximum absolute atomic E-state index is 13.3. The summed E-state index contributed by atoms with van der Waals surface area (Å²) in [5, 5.41) is 0.712. The van der Waals surface area contributed by atoms with Crippen molar-refractivity contribution < 1.29 is 93.3 Å². The fourth-order valence-electron chi connectivity index (χ4n) is 3.26. The summed E-state index contributed by atoms with van der Waals surface area (Å²) in [7, 11) is -4.64. The first kappa shape index (κ1) is 28.7. The third-order valence-electron chi connectivity index (χ3n) is 4.54. The molecule has 4 N–H and O–H groups in total. The number of hydrogen-bond donors (Lipinski definition) is 4. The minimum Gasteiger partial charge on any atom is -0.477 e. The largest absolute Gasteiger partial charge is 1.00 e. The molecule has 1 aromatic heterocycles. The van der Waals surface area contributed by atoms with Gasteiger partial charge in [0.1, 0.15) is 0 Å². The van der Waals surface area contributed by atoms with Crippen LogP contribution in [0.2, 0.25) is 0 Å². The molecule has 0 unspecified atom stereocenters. The number of aromatic amines is 1. The molecule has 34 heavy (non-hydrogen) atoms. The van der Waals surface area contributed by atoms with Crippen LogP contribution in [0.5, 0.6) is 0 Å². The Morgan fingerprint density at radius 1 is 1.09 bits per heavy atom. The fraction of sp³-hybridized carbons (Fsp3) is 0.150. The third kappa shape index (κ3) is 7.23. The monoisotopic (exact) mass is 524 g/mol. The molecule has 1 atom stereocenters. The first-order chi connectivity index (χ1) is 15.2. The van der Waals surface area contributed by atoms with Gasteiger partial charge in [-0.15, -0.1) is 0 Å². The predicted octanol–water partition coefficient (Wildman–Crippen LogP) is 0.449. The summed E-state index contributed by atoms with van der Waals surface area (Å²) in [5.74, 6) is 0. The first-order valence-electron chi connectivity index (χ1n) is 9.17. The van der Waals surface area contributed by atoms with Crippen molar-refractivity contribution >= 4 is 30.4 Å². The molecule has 9 nitrogen and oxygen atoms in total. The zero-order valence-electron chi connectivity index (χ0n) is 17.6. The van der Waals surface area contributed by atoms with Gasteiger partial charge in [0.25, 0.3) is 5.56 Å². The van der Waals surface area contributed by atoms with E-state index < -0.39 is 37.3 Å². The van der Waals surface area contributed by atoms with Gasteiger partial charge < -0.3 is 31.3 Å². The Balaban J connectivity index is 0.000000619. The molecular formula is C20H17F3KN2O7P. The zero-order chi connectivity index (χ0) is 24.6. The Bertz CT molecular complexity index is 1300. The Labute approximate surface area is 233 Å². The second-order valence-electron chi connectivity index (χ2n) is 6.96. The van der Waals surface area contributed by atoms with E-state index in [1.54, 1.807) is 12.1 Å². The van der Waals surface area contributed by atoms with Crippen LogP contribution >= 0.6 is 7.82 Å². The van der Waals surface area contributed by atoms with Crippen molar-refractivity contribution in [2.75, 3.05) is 11.4 Å². The average molecular weight is 524 g/mol. The molecule has 1 amide bonds. The van der Waals surface area contributed by atoms with E-state index in [2.05, 4.69) is 11.9 Å². The number of carbonyl (C=O) groups excluding carboxylic acids is 1. The van der Waals surface area contributed by atoms with E-state index in [1.165, 1.54) is 35.2 Å². The molecule has 0 saturated carbocycles. The number of phosphoric acid groups is 1. The summed E-state index contributed by atoms with van der Waals surface area (Å²) < 4.78 is 53.7. The van der Waals surface area contributed by atoms with Crippen LogP contribution in [0.1, 0.15) is 5.56 Å². The van der Waals surface area contributed by atoms with Gasteiger partial charge in [-0.3, -0.25) is 9.69 Å². The summed E-state index contributed by atoms with van der Waals surface area (Å²) in [6, 6.07) is 11.2. The van der Waals surface area contributed by atoms with E-state index in [0.717, 1.165) is 6.07 Å². The summed E-state index contributed by atoms with van der Waals surface area (Å²) in [6.45, 7) is 3.92.